The van der Waals surface area contributed by atoms with Crippen LogP contribution in [0.25, 0.3) is 0 Å². The Kier molecular flexibility index (Phi) is 4.70. The number of halogens is 1. The van der Waals surface area contributed by atoms with E-state index in [2.05, 4.69) is 6.58 Å². The summed E-state index contributed by atoms with van der Waals surface area (Å²) < 4.78 is 13.1. The Balaban J connectivity index is 2.45. The SMILES string of the molecule is C=CCC(N)CSc1ccccc1F. The quantitative estimate of drug-likeness (QED) is 0.598. The minimum atomic E-state index is -0.177. The van der Waals surface area contributed by atoms with E-state index in [9.17, 15) is 4.39 Å². The van der Waals surface area contributed by atoms with Crippen LogP contribution in [0, 0.1) is 5.82 Å². The Bertz CT molecular complexity index is 301. The van der Waals surface area contributed by atoms with Gasteiger partial charge >= 0.3 is 0 Å². The Hall–Kier alpha value is -0.800. The summed E-state index contributed by atoms with van der Waals surface area (Å²) in [6, 6.07) is 6.78. The van der Waals surface area contributed by atoms with E-state index in [1.165, 1.54) is 17.8 Å². The van der Waals surface area contributed by atoms with Crippen molar-refractivity contribution in [3.8, 4) is 0 Å². The van der Waals surface area contributed by atoms with Crippen molar-refractivity contribution in [2.75, 3.05) is 5.75 Å². The molecule has 3 heteroatoms. The van der Waals surface area contributed by atoms with Crippen molar-refractivity contribution >= 4 is 11.8 Å². The van der Waals surface area contributed by atoms with E-state index in [1.54, 1.807) is 18.2 Å². The lowest BCUT2D eigenvalue weighted by Gasteiger charge is -2.08. The summed E-state index contributed by atoms with van der Waals surface area (Å²) in [6.07, 6.45) is 2.55. The second kappa shape index (κ2) is 5.83. The van der Waals surface area contributed by atoms with Crippen molar-refractivity contribution in [3.05, 3.63) is 42.7 Å². The van der Waals surface area contributed by atoms with Crippen LogP contribution in [0.15, 0.2) is 41.8 Å². The fraction of sp³-hybridized carbons (Fsp3) is 0.273. The van der Waals surface area contributed by atoms with Gasteiger partial charge in [-0.25, -0.2) is 4.39 Å². The van der Waals surface area contributed by atoms with Crippen LogP contribution in [0.2, 0.25) is 0 Å². The summed E-state index contributed by atoms with van der Waals surface area (Å²) in [4.78, 5) is 0.659. The van der Waals surface area contributed by atoms with Crippen LogP contribution in [0.5, 0.6) is 0 Å². The standard InChI is InChI=1S/C11H14FNS/c1-2-5-9(13)8-14-11-7-4-3-6-10(11)12/h2-4,6-7,9H,1,5,8,13H2. The van der Waals surface area contributed by atoms with Crippen LogP contribution in [0.4, 0.5) is 4.39 Å². The Morgan fingerprint density at radius 2 is 2.21 bits per heavy atom. The average molecular weight is 211 g/mol. The molecule has 0 saturated carbocycles. The molecule has 0 bridgehead atoms. The molecule has 1 aromatic rings. The highest BCUT2D eigenvalue weighted by atomic mass is 32.2. The fourth-order valence-corrected chi connectivity index (χ4v) is 1.95. The monoisotopic (exact) mass is 211 g/mol. The third-order valence-electron chi connectivity index (χ3n) is 1.76. The summed E-state index contributed by atoms with van der Waals surface area (Å²) in [5.41, 5.74) is 5.77. The molecular weight excluding hydrogens is 197 g/mol. The van der Waals surface area contributed by atoms with Gasteiger partial charge in [0, 0.05) is 16.7 Å². The molecule has 1 nitrogen and oxygen atoms in total. The lowest BCUT2D eigenvalue weighted by Crippen LogP contribution is -2.21. The highest BCUT2D eigenvalue weighted by molar-refractivity contribution is 7.99. The van der Waals surface area contributed by atoms with Gasteiger partial charge < -0.3 is 5.73 Å². The normalized spacial score (nSPS) is 12.4. The van der Waals surface area contributed by atoms with Crippen LogP contribution in [-0.2, 0) is 0 Å². The molecule has 14 heavy (non-hydrogen) atoms. The van der Waals surface area contributed by atoms with Crippen LogP contribution in [0.3, 0.4) is 0 Å². The molecule has 76 valence electrons. The van der Waals surface area contributed by atoms with E-state index in [1.807, 2.05) is 6.07 Å². The average Bonchev–Trinajstić information content (AvgIpc) is 2.17. The zero-order valence-electron chi connectivity index (χ0n) is 7.95. The maximum absolute atomic E-state index is 13.1. The number of thioether (sulfide) groups is 1. The molecule has 0 aliphatic heterocycles. The number of rotatable bonds is 5. The molecule has 0 saturated heterocycles. The lowest BCUT2D eigenvalue weighted by atomic mass is 10.2. The highest BCUT2D eigenvalue weighted by Crippen LogP contribution is 2.21. The van der Waals surface area contributed by atoms with E-state index in [0.29, 0.717) is 10.6 Å². The van der Waals surface area contributed by atoms with Gasteiger partial charge in [0.05, 0.1) is 0 Å². The molecule has 0 fully saturated rings. The molecule has 0 aliphatic carbocycles. The first-order chi connectivity index (χ1) is 6.74. The number of nitrogens with two attached hydrogens (primary N) is 1. The molecule has 0 aromatic heterocycles. The van der Waals surface area contributed by atoms with Gasteiger partial charge in [0.2, 0.25) is 0 Å². The van der Waals surface area contributed by atoms with Gasteiger partial charge in [0.15, 0.2) is 0 Å². The first kappa shape index (κ1) is 11.3. The maximum Gasteiger partial charge on any atom is 0.136 e. The zero-order chi connectivity index (χ0) is 10.4. The van der Waals surface area contributed by atoms with E-state index >= 15 is 0 Å². The minimum Gasteiger partial charge on any atom is -0.327 e. The van der Waals surface area contributed by atoms with Crippen molar-refractivity contribution in [3.63, 3.8) is 0 Å². The molecule has 1 unspecified atom stereocenters. The van der Waals surface area contributed by atoms with Gasteiger partial charge in [0.1, 0.15) is 5.82 Å². The van der Waals surface area contributed by atoms with Crippen LogP contribution >= 0.6 is 11.8 Å². The largest absolute Gasteiger partial charge is 0.327 e. The Morgan fingerprint density at radius 3 is 2.86 bits per heavy atom. The van der Waals surface area contributed by atoms with Crippen molar-refractivity contribution in [2.45, 2.75) is 17.4 Å². The molecule has 1 atom stereocenters. The van der Waals surface area contributed by atoms with E-state index in [0.717, 1.165) is 6.42 Å². The summed E-state index contributed by atoms with van der Waals surface area (Å²) in [5, 5.41) is 0. The van der Waals surface area contributed by atoms with Gasteiger partial charge in [-0.15, -0.1) is 18.3 Å². The zero-order valence-corrected chi connectivity index (χ0v) is 8.77. The van der Waals surface area contributed by atoms with Gasteiger partial charge in [-0.05, 0) is 18.6 Å². The predicted molar refractivity (Wildman–Crippen MR) is 59.9 cm³/mol. The summed E-state index contributed by atoms with van der Waals surface area (Å²) in [5.74, 6) is 0.538. The predicted octanol–water partition coefficient (Wildman–Crippen LogP) is 2.82. The summed E-state index contributed by atoms with van der Waals surface area (Å²) in [7, 11) is 0. The number of hydrogen-bond donors (Lipinski definition) is 1. The molecule has 2 N–H and O–H groups in total. The highest BCUT2D eigenvalue weighted by Gasteiger charge is 2.04. The molecule has 0 heterocycles. The van der Waals surface area contributed by atoms with Crippen LogP contribution in [0.1, 0.15) is 6.42 Å². The Labute approximate surface area is 88.2 Å². The molecular formula is C11H14FNS. The van der Waals surface area contributed by atoms with Gasteiger partial charge in [-0.1, -0.05) is 18.2 Å². The van der Waals surface area contributed by atoms with E-state index in [-0.39, 0.29) is 11.9 Å². The van der Waals surface area contributed by atoms with Crippen LogP contribution in [-0.4, -0.2) is 11.8 Å². The summed E-state index contributed by atoms with van der Waals surface area (Å²) in [6.45, 7) is 3.61. The molecule has 0 radical (unpaired) electrons. The topological polar surface area (TPSA) is 26.0 Å². The number of benzene rings is 1. The number of hydrogen-bond acceptors (Lipinski definition) is 2. The molecule has 0 amide bonds. The van der Waals surface area contributed by atoms with Crippen molar-refractivity contribution < 1.29 is 4.39 Å². The smallest absolute Gasteiger partial charge is 0.136 e. The maximum atomic E-state index is 13.1. The van der Waals surface area contributed by atoms with Crippen molar-refractivity contribution in [1.29, 1.82) is 0 Å². The van der Waals surface area contributed by atoms with Crippen LogP contribution < -0.4 is 5.73 Å². The minimum absolute atomic E-state index is 0.0529. The van der Waals surface area contributed by atoms with Gasteiger partial charge in [-0.2, -0.15) is 0 Å². The van der Waals surface area contributed by atoms with Crippen molar-refractivity contribution in [2.24, 2.45) is 5.73 Å². The molecule has 0 aliphatic rings. The van der Waals surface area contributed by atoms with Gasteiger partial charge in [0.25, 0.3) is 0 Å². The fourth-order valence-electron chi connectivity index (χ4n) is 1.04. The third kappa shape index (κ3) is 3.52. The third-order valence-corrected chi connectivity index (χ3v) is 3.00. The lowest BCUT2D eigenvalue weighted by molar-refractivity contribution is 0.601. The first-order valence-corrected chi connectivity index (χ1v) is 5.46. The van der Waals surface area contributed by atoms with E-state index < -0.39 is 0 Å². The molecule has 1 aromatic carbocycles. The second-order valence-electron chi connectivity index (χ2n) is 3.03. The van der Waals surface area contributed by atoms with Gasteiger partial charge in [-0.3, -0.25) is 0 Å². The second-order valence-corrected chi connectivity index (χ2v) is 4.09. The van der Waals surface area contributed by atoms with E-state index in [4.69, 9.17) is 5.73 Å². The van der Waals surface area contributed by atoms with Crippen molar-refractivity contribution in [1.82, 2.24) is 0 Å². The molecule has 1 rings (SSSR count). The summed E-state index contributed by atoms with van der Waals surface area (Å²) >= 11 is 1.45. The Morgan fingerprint density at radius 1 is 1.50 bits per heavy atom. The first-order valence-electron chi connectivity index (χ1n) is 4.48. The molecule has 0 spiro atoms.